The summed E-state index contributed by atoms with van der Waals surface area (Å²) in [5.41, 5.74) is 0. The van der Waals surface area contributed by atoms with Gasteiger partial charge in [-0.15, -0.1) is 11.8 Å². The highest BCUT2D eigenvalue weighted by Crippen LogP contribution is 2.26. The summed E-state index contributed by atoms with van der Waals surface area (Å²) in [5, 5.41) is 8.77. The molecule has 1 fully saturated rings. The number of thioether (sulfide) groups is 1. The molecule has 0 aliphatic carbocycles. The number of hydrogen-bond donors (Lipinski definition) is 1. The van der Waals surface area contributed by atoms with Gasteiger partial charge >= 0.3 is 5.97 Å². The topological polar surface area (TPSA) is 46.5 Å². The zero-order valence-electron chi connectivity index (χ0n) is 9.44. The molecule has 1 unspecified atom stereocenters. The van der Waals surface area contributed by atoms with Crippen molar-refractivity contribution in [1.82, 2.24) is 0 Å². The highest BCUT2D eigenvalue weighted by molar-refractivity contribution is 8.00. The first-order valence-corrected chi connectivity index (χ1v) is 6.58. The van der Waals surface area contributed by atoms with Crippen LogP contribution < -0.4 is 0 Å². The summed E-state index contributed by atoms with van der Waals surface area (Å²) in [7, 11) is 0. The van der Waals surface area contributed by atoms with Crippen LogP contribution in [0.3, 0.4) is 0 Å². The summed E-state index contributed by atoms with van der Waals surface area (Å²) in [5.74, 6) is 1.12. The Labute approximate surface area is 95.6 Å². The quantitative estimate of drug-likeness (QED) is 0.789. The summed E-state index contributed by atoms with van der Waals surface area (Å²) >= 11 is 1.59. The summed E-state index contributed by atoms with van der Waals surface area (Å²) in [6.45, 7) is 5.61. The van der Waals surface area contributed by atoms with Gasteiger partial charge in [0.05, 0.1) is 0 Å². The van der Waals surface area contributed by atoms with Crippen molar-refractivity contribution in [2.45, 2.75) is 31.9 Å². The van der Waals surface area contributed by atoms with E-state index < -0.39 is 5.97 Å². The van der Waals surface area contributed by atoms with E-state index in [0.717, 1.165) is 31.8 Å². The van der Waals surface area contributed by atoms with Crippen LogP contribution in [0, 0.1) is 11.8 Å². The molecule has 3 nitrogen and oxygen atoms in total. The molecule has 1 rings (SSSR count). The van der Waals surface area contributed by atoms with Gasteiger partial charge in [0.1, 0.15) is 5.25 Å². The molecule has 0 aromatic carbocycles. The third-order valence-corrected chi connectivity index (χ3v) is 4.47. The second kappa shape index (κ2) is 6.38. The third kappa shape index (κ3) is 4.43. The van der Waals surface area contributed by atoms with Gasteiger partial charge < -0.3 is 9.84 Å². The zero-order chi connectivity index (χ0) is 11.3. The monoisotopic (exact) mass is 232 g/mol. The molecule has 0 saturated carbocycles. The van der Waals surface area contributed by atoms with Crippen molar-refractivity contribution in [2.75, 3.05) is 19.0 Å². The van der Waals surface area contributed by atoms with Crippen molar-refractivity contribution < 1.29 is 14.6 Å². The van der Waals surface area contributed by atoms with Crippen LogP contribution in [0.15, 0.2) is 0 Å². The van der Waals surface area contributed by atoms with Crippen LogP contribution in [-0.4, -0.2) is 35.3 Å². The lowest BCUT2D eigenvalue weighted by molar-refractivity contribution is -0.137. The van der Waals surface area contributed by atoms with Gasteiger partial charge in [0, 0.05) is 13.2 Å². The molecule has 0 spiro atoms. The van der Waals surface area contributed by atoms with Gasteiger partial charge in [-0.05, 0) is 30.4 Å². The Hall–Kier alpha value is -0.220. The zero-order valence-corrected chi connectivity index (χ0v) is 10.3. The minimum Gasteiger partial charge on any atom is -0.480 e. The number of aliphatic carboxylic acids is 1. The minimum absolute atomic E-state index is 0.201. The highest BCUT2D eigenvalue weighted by Gasteiger charge is 2.24. The second-order valence-corrected chi connectivity index (χ2v) is 5.57. The molecule has 0 bridgehead atoms. The van der Waals surface area contributed by atoms with Crippen molar-refractivity contribution in [3.63, 3.8) is 0 Å². The molecule has 88 valence electrons. The van der Waals surface area contributed by atoms with Crippen molar-refractivity contribution in [3.05, 3.63) is 0 Å². The molecule has 1 atom stereocenters. The van der Waals surface area contributed by atoms with Gasteiger partial charge in [0.15, 0.2) is 0 Å². The number of rotatable bonds is 5. The summed E-state index contributed by atoms with van der Waals surface area (Å²) in [4.78, 5) is 11.0. The molecule has 0 radical (unpaired) electrons. The van der Waals surface area contributed by atoms with Crippen LogP contribution in [0.2, 0.25) is 0 Å². The standard InChI is InChI=1S/C11H20O3S/c1-8(2)10(11(12)13)15-7-9-3-5-14-6-4-9/h8-10H,3-7H2,1-2H3,(H,12,13). The first-order chi connectivity index (χ1) is 7.11. The number of carboxylic acids is 1. The van der Waals surface area contributed by atoms with Gasteiger partial charge in [0.25, 0.3) is 0 Å². The summed E-state index contributed by atoms with van der Waals surface area (Å²) in [6, 6.07) is 0. The van der Waals surface area contributed by atoms with Crippen LogP contribution in [0.4, 0.5) is 0 Å². The molecule has 0 aromatic heterocycles. The molecule has 1 aliphatic rings. The largest absolute Gasteiger partial charge is 0.480 e. The van der Waals surface area contributed by atoms with Crippen molar-refractivity contribution in [3.8, 4) is 0 Å². The van der Waals surface area contributed by atoms with Crippen LogP contribution in [0.5, 0.6) is 0 Å². The third-order valence-electron chi connectivity index (χ3n) is 2.70. The number of carbonyl (C=O) groups is 1. The van der Waals surface area contributed by atoms with E-state index in [4.69, 9.17) is 9.84 Å². The highest BCUT2D eigenvalue weighted by atomic mass is 32.2. The SMILES string of the molecule is CC(C)C(SCC1CCOCC1)C(=O)O. The van der Waals surface area contributed by atoms with Gasteiger partial charge in [-0.3, -0.25) is 4.79 Å². The number of ether oxygens (including phenoxy) is 1. The molecule has 4 heteroatoms. The fourth-order valence-corrected chi connectivity index (χ4v) is 3.04. The van der Waals surface area contributed by atoms with E-state index in [1.54, 1.807) is 11.8 Å². The van der Waals surface area contributed by atoms with E-state index in [1.807, 2.05) is 13.8 Å². The predicted molar refractivity (Wildman–Crippen MR) is 62.3 cm³/mol. The molecule has 1 saturated heterocycles. The molecule has 1 heterocycles. The van der Waals surface area contributed by atoms with Crippen LogP contribution in [0.25, 0.3) is 0 Å². The van der Waals surface area contributed by atoms with Gasteiger partial charge in [0.2, 0.25) is 0 Å². The van der Waals surface area contributed by atoms with Crippen LogP contribution in [0.1, 0.15) is 26.7 Å². The molecular weight excluding hydrogens is 212 g/mol. The fourth-order valence-electron chi connectivity index (χ4n) is 1.70. The summed E-state index contributed by atoms with van der Waals surface area (Å²) in [6.07, 6.45) is 2.16. The summed E-state index contributed by atoms with van der Waals surface area (Å²) < 4.78 is 5.28. The van der Waals surface area contributed by atoms with E-state index >= 15 is 0 Å². The Bertz CT molecular complexity index is 200. The second-order valence-electron chi connectivity index (χ2n) is 4.39. The Morgan fingerprint density at radius 2 is 2.07 bits per heavy atom. The number of carboxylic acid groups (broad SMARTS) is 1. The molecule has 1 N–H and O–H groups in total. The predicted octanol–water partition coefficient (Wildman–Crippen LogP) is 2.26. The fraction of sp³-hybridized carbons (Fsp3) is 0.909. The lowest BCUT2D eigenvalue weighted by Gasteiger charge is -2.24. The lowest BCUT2D eigenvalue weighted by Crippen LogP contribution is -2.25. The van der Waals surface area contributed by atoms with Gasteiger partial charge in [-0.1, -0.05) is 13.8 Å². The van der Waals surface area contributed by atoms with E-state index in [-0.39, 0.29) is 11.2 Å². The van der Waals surface area contributed by atoms with E-state index in [0.29, 0.717) is 5.92 Å². The Balaban J connectivity index is 2.29. The Kier molecular flexibility index (Phi) is 5.47. The van der Waals surface area contributed by atoms with Gasteiger partial charge in [-0.2, -0.15) is 0 Å². The van der Waals surface area contributed by atoms with E-state index in [1.165, 1.54) is 0 Å². The van der Waals surface area contributed by atoms with Crippen LogP contribution in [-0.2, 0) is 9.53 Å². The first kappa shape index (κ1) is 12.8. The molecule has 0 amide bonds. The Morgan fingerprint density at radius 1 is 1.47 bits per heavy atom. The van der Waals surface area contributed by atoms with E-state index in [9.17, 15) is 4.79 Å². The van der Waals surface area contributed by atoms with Gasteiger partial charge in [-0.25, -0.2) is 0 Å². The molecule has 0 aromatic rings. The molecule has 15 heavy (non-hydrogen) atoms. The normalized spacial score (nSPS) is 20.5. The first-order valence-electron chi connectivity index (χ1n) is 5.53. The average Bonchev–Trinajstić information content (AvgIpc) is 2.18. The molecular formula is C11H20O3S. The van der Waals surface area contributed by atoms with Crippen molar-refractivity contribution in [2.24, 2.45) is 11.8 Å². The maximum Gasteiger partial charge on any atom is 0.316 e. The maximum atomic E-state index is 11.0. The minimum atomic E-state index is -0.679. The smallest absolute Gasteiger partial charge is 0.316 e. The number of hydrogen-bond acceptors (Lipinski definition) is 3. The van der Waals surface area contributed by atoms with E-state index in [2.05, 4.69) is 0 Å². The van der Waals surface area contributed by atoms with Crippen molar-refractivity contribution in [1.29, 1.82) is 0 Å². The van der Waals surface area contributed by atoms with Crippen LogP contribution >= 0.6 is 11.8 Å². The molecule has 1 aliphatic heterocycles. The van der Waals surface area contributed by atoms with Crippen molar-refractivity contribution >= 4 is 17.7 Å². The maximum absolute atomic E-state index is 11.0. The lowest BCUT2D eigenvalue weighted by atomic mass is 10.0. The Morgan fingerprint density at radius 3 is 2.53 bits per heavy atom. The average molecular weight is 232 g/mol.